The summed E-state index contributed by atoms with van der Waals surface area (Å²) in [6.45, 7) is 7.43. The smallest absolute Gasteiger partial charge is 0.249 e. The second-order valence-corrected chi connectivity index (χ2v) is 6.80. The Bertz CT molecular complexity index is 721. The summed E-state index contributed by atoms with van der Waals surface area (Å²) in [5, 5.41) is 8.48. The molecule has 3 heterocycles. The SMILES string of the molecule is CCCc1noc([C@@H]2CCCCN2C(=O)CCn2nc(C)cc2C)n1. The molecule has 25 heavy (non-hydrogen) atoms. The molecule has 2 aromatic rings. The standard InChI is InChI=1S/C18H27N5O2/c1-4-7-16-19-18(25-21-16)15-8-5-6-10-22(15)17(24)9-11-23-14(3)12-13(2)20-23/h12,15H,4-11H2,1-3H3/t15-/m0/s1. The van der Waals surface area contributed by atoms with Crippen molar-refractivity contribution in [2.24, 2.45) is 0 Å². The van der Waals surface area contributed by atoms with Crippen molar-refractivity contribution in [2.45, 2.75) is 71.9 Å². The van der Waals surface area contributed by atoms with Crippen LogP contribution in [0, 0.1) is 13.8 Å². The molecule has 0 spiro atoms. The predicted octanol–water partition coefficient (Wildman–Crippen LogP) is 2.98. The van der Waals surface area contributed by atoms with E-state index in [1.807, 2.05) is 29.5 Å². The molecule has 3 rings (SSSR count). The Labute approximate surface area is 148 Å². The fourth-order valence-electron chi connectivity index (χ4n) is 3.46. The molecule has 0 N–H and O–H groups in total. The molecule has 1 saturated heterocycles. The summed E-state index contributed by atoms with van der Waals surface area (Å²) in [7, 11) is 0. The Morgan fingerprint density at radius 3 is 2.92 bits per heavy atom. The van der Waals surface area contributed by atoms with Crippen LogP contribution in [0.5, 0.6) is 0 Å². The van der Waals surface area contributed by atoms with E-state index in [1.165, 1.54) is 0 Å². The third kappa shape index (κ3) is 4.08. The first-order chi connectivity index (χ1) is 12.1. The number of aromatic nitrogens is 4. The van der Waals surface area contributed by atoms with Crippen LogP contribution in [-0.2, 0) is 17.8 Å². The maximum atomic E-state index is 12.8. The zero-order valence-electron chi connectivity index (χ0n) is 15.4. The van der Waals surface area contributed by atoms with Gasteiger partial charge in [0.2, 0.25) is 11.8 Å². The van der Waals surface area contributed by atoms with Crippen molar-refractivity contribution in [3.8, 4) is 0 Å². The summed E-state index contributed by atoms with van der Waals surface area (Å²) in [5.41, 5.74) is 2.07. The highest BCUT2D eigenvalue weighted by atomic mass is 16.5. The van der Waals surface area contributed by atoms with Crippen LogP contribution in [-0.4, -0.2) is 37.3 Å². The van der Waals surface area contributed by atoms with Crippen LogP contribution >= 0.6 is 0 Å². The van der Waals surface area contributed by atoms with Crippen molar-refractivity contribution < 1.29 is 9.32 Å². The summed E-state index contributed by atoms with van der Waals surface area (Å²) in [4.78, 5) is 19.2. The molecule has 1 aliphatic heterocycles. The van der Waals surface area contributed by atoms with Gasteiger partial charge in [0.25, 0.3) is 0 Å². The summed E-state index contributed by atoms with van der Waals surface area (Å²) >= 11 is 0. The zero-order chi connectivity index (χ0) is 17.8. The first kappa shape index (κ1) is 17.6. The average Bonchev–Trinajstić information content (AvgIpc) is 3.19. The third-order valence-corrected chi connectivity index (χ3v) is 4.71. The Balaban J connectivity index is 1.67. The molecule has 1 aliphatic rings. The monoisotopic (exact) mass is 345 g/mol. The zero-order valence-corrected chi connectivity index (χ0v) is 15.4. The molecule has 0 radical (unpaired) electrons. The van der Waals surface area contributed by atoms with Gasteiger partial charge in [-0.25, -0.2) is 0 Å². The largest absolute Gasteiger partial charge is 0.337 e. The molecule has 0 aliphatic carbocycles. The van der Waals surface area contributed by atoms with Crippen LogP contribution in [0.2, 0.25) is 0 Å². The number of hydrogen-bond acceptors (Lipinski definition) is 5. The van der Waals surface area contributed by atoms with E-state index >= 15 is 0 Å². The number of rotatable bonds is 6. The van der Waals surface area contributed by atoms with Gasteiger partial charge in [-0.05, 0) is 45.6 Å². The highest BCUT2D eigenvalue weighted by molar-refractivity contribution is 5.76. The van der Waals surface area contributed by atoms with Crippen molar-refractivity contribution in [1.29, 1.82) is 0 Å². The lowest BCUT2D eigenvalue weighted by atomic mass is 10.0. The number of nitrogens with zero attached hydrogens (tertiary/aromatic N) is 5. The Morgan fingerprint density at radius 1 is 1.36 bits per heavy atom. The minimum absolute atomic E-state index is 0.0835. The van der Waals surface area contributed by atoms with Crippen LogP contribution < -0.4 is 0 Å². The van der Waals surface area contributed by atoms with Gasteiger partial charge in [0.05, 0.1) is 5.69 Å². The molecule has 2 aromatic heterocycles. The number of piperidine rings is 1. The quantitative estimate of drug-likeness (QED) is 0.804. The van der Waals surface area contributed by atoms with Gasteiger partial charge in [0.1, 0.15) is 6.04 Å². The van der Waals surface area contributed by atoms with E-state index in [9.17, 15) is 4.79 Å². The highest BCUT2D eigenvalue weighted by Crippen LogP contribution is 2.30. The fourth-order valence-corrected chi connectivity index (χ4v) is 3.46. The lowest BCUT2D eigenvalue weighted by Crippen LogP contribution is -2.39. The Morgan fingerprint density at radius 2 is 2.20 bits per heavy atom. The number of carbonyl (C=O) groups is 1. The molecule has 0 bridgehead atoms. The maximum absolute atomic E-state index is 12.8. The van der Waals surface area contributed by atoms with Crippen LogP contribution in [0.1, 0.15) is 68.2 Å². The lowest BCUT2D eigenvalue weighted by Gasteiger charge is -2.33. The second kappa shape index (κ2) is 7.80. The molecule has 0 unspecified atom stereocenters. The molecule has 0 saturated carbocycles. The van der Waals surface area contributed by atoms with Gasteiger partial charge in [0, 0.05) is 31.6 Å². The normalized spacial score (nSPS) is 17.9. The van der Waals surface area contributed by atoms with E-state index in [0.717, 1.165) is 55.9 Å². The minimum Gasteiger partial charge on any atom is -0.337 e. The van der Waals surface area contributed by atoms with Gasteiger partial charge < -0.3 is 9.42 Å². The van der Waals surface area contributed by atoms with Crippen molar-refractivity contribution in [1.82, 2.24) is 24.8 Å². The van der Waals surface area contributed by atoms with Gasteiger partial charge in [-0.3, -0.25) is 9.48 Å². The Hall–Kier alpha value is -2.18. The van der Waals surface area contributed by atoms with E-state index in [4.69, 9.17) is 4.52 Å². The second-order valence-electron chi connectivity index (χ2n) is 6.80. The number of amides is 1. The van der Waals surface area contributed by atoms with E-state index < -0.39 is 0 Å². The molecule has 1 atom stereocenters. The maximum Gasteiger partial charge on any atom is 0.249 e. The molecule has 0 aromatic carbocycles. The summed E-state index contributed by atoms with van der Waals surface area (Å²) in [5.74, 6) is 1.45. The molecule has 7 nitrogen and oxygen atoms in total. The van der Waals surface area contributed by atoms with Crippen molar-refractivity contribution in [3.05, 3.63) is 29.2 Å². The molecule has 1 fully saturated rings. The first-order valence-corrected chi connectivity index (χ1v) is 9.21. The number of aryl methyl sites for hydroxylation is 4. The van der Waals surface area contributed by atoms with E-state index in [2.05, 4.69) is 22.2 Å². The molecule has 7 heteroatoms. The minimum atomic E-state index is -0.0835. The van der Waals surface area contributed by atoms with E-state index in [1.54, 1.807) is 0 Å². The third-order valence-electron chi connectivity index (χ3n) is 4.71. The van der Waals surface area contributed by atoms with Crippen molar-refractivity contribution >= 4 is 5.91 Å². The molecular weight excluding hydrogens is 318 g/mol. The topological polar surface area (TPSA) is 77.0 Å². The molecule has 136 valence electrons. The van der Waals surface area contributed by atoms with Gasteiger partial charge in [-0.1, -0.05) is 12.1 Å². The molecule has 1 amide bonds. The van der Waals surface area contributed by atoms with E-state index in [0.29, 0.717) is 18.9 Å². The van der Waals surface area contributed by atoms with Crippen LogP contribution in [0.25, 0.3) is 0 Å². The van der Waals surface area contributed by atoms with Gasteiger partial charge >= 0.3 is 0 Å². The number of hydrogen-bond donors (Lipinski definition) is 0. The number of carbonyl (C=O) groups excluding carboxylic acids is 1. The van der Waals surface area contributed by atoms with E-state index in [-0.39, 0.29) is 11.9 Å². The first-order valence-electron chi connectivity index (χ1n) is 9.21. The van der Waals surface area contributed by atoms with Crippen molar-refractivity contribution in [2.75, 3.05) is 6.54 Å². The average molecular weight is 345 g/mol. The van der Waals surface area contributed by atoms with Gasteiger partial charge in [-0.2, -0.15) is 10.1 Å². The molecular formula is C18H27N5O2. The fraction of sp³-hybridized carbons (Fsp3) is 0.667. The van der Waals surface area contributed by atoms with Crippen LogP contribution in [0.3, 0.4) is 0 Å². The summed E-state index contributed by atoms with van der Waals surface area (Å²) in [6.07, 6.45) is 5.22. The lowest BCUT2D eigenvalue weighted by molar-refractivity contribution is -0.136. The van der Waals surface area contributed by atoms with Crippen molar-refractivity contribution in [3.63, 3.8) is 0 Å². The Kier molecular flexibility index (Phi) is 5.50. The van der Waals surface area contributed by atoms with Crippen LogP contribution in [0.4, 0.5) is 0 Å². The summed E-state index contributed by atoms with van der Waals surface area (Å²) < 4.78 is 7.35. The van der Waals surface area contributed by atoms with Gasteiger partial charge in [-0.15, -0.1) is 0 Å². The highest BCUT2D eigenvalue weighted by Gasteiger charge is 2.31. The summed E-state index contributed by atoms with van der Waals surface area (Å²) in [6, 6.07) is 1.95. The van der Waals surface area contributed by atoms with Crippen LogP contribution in [0.15, 0.2) is 10.6 Å². The predicted molar refractivity (Wildman–Crippen MR) is 92.9 cm³/mol. The van der Waals surface area contributed by atoms with Gasteiger partial charge in [0.15, 0.2) is 5.82 Å². The number of likely N-dealkylation sites (tertiary alicyclic amines) is 1.